The molecule has 7 nitrogen and oxygen atoms in total. The Kier molecular flexibility index (Phi) is 7.14. The van der Waals surface area contributed by atoms with Crippen molar-refractivity contribution in [1.29, 1.82) is 0 Å². The number of aromatic nitrogens is 2. The molecule has 32 heavy (non-hydrogen) atoms. The third-order valence-electron chi connectivity index (χ3n) is 5.56. The van der Waals surface area contributed by atoms with Crippen LogP contribution in [0.2, 0.25) is 0 Å². The van der Waals surface area contributed by atoms with Gasteiger partial charge in [0.05, 0.1) is 25.0 Å². The summed E-state index contributed by atoms with van der Waals surface area (Å²) in [6.07, 6.45) is 4.31. The summed E-state index contributed by atoms with van der Waals surface area (Å²) in [5, 5.41) is 13.4. The first kappa shape index (κ1) is 22.4. The predicted octanol–water partition coefficient (Wildman–Crippen LogP) is 3.39. The van der Waals surface area contributed by atoms with Crippen LogP contribution in [0.1, 0.15) is 11.1 Å². The molecule has 2 aromatic carbocycles. The molecule has 0 saturated heterocycles. The van der Waals surface area contributed by atoms with Gasteiger partial charge in [0.25, 0.3) is 0 Å². The van der Waals surface area contributed by atoms with Crippen LogP contribution < -0.4 is 15.4 Å². The molecule has 0 saturated carbocycles. The summed E-state index contributed by atoms with van der Waals surface area (Å²) in [4.78, 5) is 16.4. The van der Waals surface area contributed by atoms with Gasteiger partial charge in [0.15, 0.2) is 0 Å². The average molecular weight is 452 g/mol. The minimum atomic E-state index is -0.289. The Morgan fingerprint density at radius 2 is 2.09 bits per heavy atom. The van der Waals surface area contributed by atoms with Crippen LogP contribution in [0.3, 0.4) is 0 Å². The summed E-state index contributed by atoms with van der Waals surface area (Å²) in [6.45, 7) is 1.62. The molecular weight excluding hydrogens is 422 g/mol. The molecular formula is C24H29N5O2S. The van der Waals surface area contributed by atoms with Gasteiger partial charge in [0.2, 0.25) is 5.91 Å². The maximum absolute atomic E-state index is 13.1. The van der Waals surface area contributed by atoms with E-state index in [1.165, 1.54) is 5.56 Å². The Morgan fingerprint density at radius 1 is 1.22 bits per heavy atom. The highest BCUT2D eigenvalue weighted by Gasteiger charge is 2.25. The maximum Gasteiger partial charge on any atom is 0.241 e. The molecule has 0 aliphatic carbocycles. The second kappa shape index (κ2) is 10.2. The zero-order chi connectivity index (χ0) is 22.5. The van der Waals surface area contributed by atoms with Gasteiger partial charge in [-0.05, 0) is 61.5 Å². The van der Waals surface area contributed by atoms with E-state index >= 15 is 0 Å². The molecule has 0 radical (unpaired) electrons. The predicted molar refractivity (Wildman–Crippen MR) is 129 cm³/mol. The average Bonchev–Trinajstić information content (AvgIpc) is 3.34. The summed E-state index contributed by atoms with van der Waals surface area (Å²) >= 11 is 1.75. The van der Waals surface area contributed by atoms with Crippen LogP contribution in [-0.4, -0.2) is 60.5 Å². The molecule has 1 aliphatic rings. The second-order valence-corrected chi connectivity index (χ2v) is 9.25. The number of carbonyl (C=O) groups is 1. The molecule has 168 valence electrons. The third-order valence-corrected chi connectivity index (χ3v) is 6.60. The van der Waals surface area contributed by atoms with Gasteiger partial charge in [-0.1, -0.05) is 12.1 Å². The quantitative estimate of drug-likeness (QED) is 0.456. The van der Waals surface area contributed by atoms with Gasteiger partial charge in [-0.25, -0.2) is 0 Å². The number of methoxy groups -OCH3 is 1. The molecule has 8 heteroatoms. The van der Waals surface area contributed by atoms with Gasteiger partial charge in [-0.15, -0.1) is 11.8 Å². The Bertz CT molecular complexity index is 1070. The number of nitrogens with one attached hydrogen (secondary N) is 3. The first-order valence-electron chi connectivity index (χ1n) is 10.6. The topological polar surface area (TPSA) is 82.3 Å². The summed E-state index contributed by atoms with van der Waals surface area (Å²) < 4.78 is 5.35. The largest absolute Gasteiger partial charge is 0.497 e. The fourth-order valence-corrected chi connectivity index (χ4v) is 4.85. The van der Waals surface area contributed by atoms with Gasteiger partial charge in [-0.2, -0.15) is 5.10 Å². The van der Waals surface area contributed by atoms with E-state index in [0.717, 1.165) is 45.3 Å². The number of ether oxygens (including phenoxy) is 1. The Labute approximate surface area is 192 Å². The lowest BCUT2D eigenvalue weighted by Crippen LogP contribution is -2.44. The van der Waals surface area contributed by atoms with Crippen LogP contribution in [0.4, 0.5) is 5.69 Å². The molecule has 0 fully saturated rings. The minimum absolute atomic E-state index is 0.0241. The first-order valence-corrected chi connectivity index (χ1v) is 11.6. The van der Waals surface area contributed by atoms with E-state index in [2.05, 4.69) is 52.0 Å². The summed E-state index contributed by atoms with van der Waals surface area (Å²) in [7, 11) is 5.79. The molecule has 3 N–H and O–H groups in total. The fourth-order valence-electron chi connectivity index (χ4n) is 3.69. The number of nitrogens with zero attached hydrogens (tertiary/aromatic N) is 2. The van der Waals surface area contributed by atoms with E-state index in [0.29, 0.717) is 13.0 Å². The highest BCUT2D eigenvalue weighted by Crippen LogP contribution is 2.32. The monoisotopic (exact) mass is 451 g/mol. The van der Waals surface area contributed by atoms with Crippen LogP contribution in [0.25, 0.3) is 11.1 Å². The normalized spacial score (nSPS) is 15.4. The van der Waals surface area contributed by atoms with Crippen LogP contribution >= 0.6 is 11.8 Å². The van der Waals surface area contributed by atoms with Gasteiger partial charge >= 0.3 is 0 Å². The number of hydrogen-bond donors (Lipinski definition) is 3. The van der Waals surface area contributed by atoms with Crippen molar-refractivity contribution >= 4 is 23.4 Å². The Balaban J connectivity index is 1.51. The fraction of sp³-hybridized carbons (Fsp3) is 0.333. The van der Waals surface area contributed by atoms with Crippen LogP contribution in [-0.2, 0) is 17.8 Å². The standard InChI is InChI=1S/C24H29N5O2S/c1-29(2)8-9-32-23-12-16(19-14-26-27-15-19)5-7-21(23)28-24(30)22-11-18-10-20(31-3)6-4-17(18)13-25-22/h4-7,10,12,14-15,22,25H,8-9,11,13H2,1-3H3,(H,26,27)(H,28,30)/t22-/m0/s1. The zero-order valence-electron chi connectivity index (χ0n) is 18.6. The number of benzene rings is 2. The third kappa shape index (κ3) is 5.32. The van der Waals surface area contributed by atoms with Crippen LogP contribution in [0.5, 0.6) is 5.75 Å². The van der Waals surface area contributed by atoms with Crippen molar-refractivity contribution in [2.24, 2.45) is 0 Å². The number of H-pyrrole nitrogens is 1. The van der Waals surface area contributed by atoms with Crippen molar-refractivity contribution < 1.29 is 9.53 Å². The number of hydrogen-bond acceptors (Lipinski definition) is 6. The second-order valence-electron chi connectivity index (χ2n) is 8.11. The molecule has 0 spiro atoms. The number of aromatic amines is 1. The van der Waals surface area contributed by atoms with Gasteiger partial charge in [-0.3, -0.25) is 9.89 Å². The molecule has 1 amide bonds. The van der Waals surface area contributed by atoms with Crippen molar-refractivity contribution in [2.45, 2.75) is 23.9 Å². The number of amides is 1. The van der Waals surface area contributed by atoms with E-state index in [1.54, 1.807) is 25.1 Å². The Morgan fingerprint density at radius 3 is 2.84 bits per heavy atom. The summed E-state index contributed by atoms with van der Waals surface area (Å²) in [5.74, 6) is 1.72. The van der Waals surface area contributed by atoms with Crippen LogP contribution in [0.15, 0.2) is 53.7 Å². The molecule has 3 aromatic rings. The highest BCUT2D eigenvalue weighted by atomic mass is 32.2. The lowest BCUT2D eigenvalue weighted by Gasteiger charge is -2.26. The number of thioether (sulfide) groups is 1. The molecule has 2 heterocycles. The summed E-state index contributed by atoms with van der Waals surface area (Å²) in [6, 6.07) is 11.9. The molecule has 4 rings (SSSR count). The van der Waals surface area contributed by atoms with E-state index in [-0.39, 0.29) is 11.9 Å². The van der Waals surface area contributed by atoms with Crippen molar-refractivity contribution in [3.63, 3.8) is 0 Å². The first-order chi connectivity index (χ1) is 15.5. The van der Waals surface area contributed by atoms with Gasteiger partial charge < -0.3 is 20.3 Å². The molecule has 1 atom stereocenters. The van der Waals surface area contributed by atoms with Crippen molar-refractivity contribution in [1.82, 2.24) is 20.4 Å². The number of fused-ring (bicyclic) bond motifs is 1. The number of rotatable bonds is 8. The van der Waals surface area contributed by atoms with Crippen molar-refractivity contribution in [3.05, 3.63) is 59.9 Å². The zero-order valence-corrected chi connectivity index (χ0v) is 19.5. The lowest BCUT2D eigenvalue weighted by molar-refractivity contribution is -0.118. The maximum atomic E-state index is 13.1. The van der Waals surface area contributed by atoms with Crippen molar-refractivity contribution in [2.75, 3.05) is 38.8 Å². The van der Waals surface area contributed by atoms with E-state index in [9.17, 15) is 4.79 Å². The molecule has 1 aliphatic heterocycles. The minimum Gasteiger partial charge on any atom is -0.497 e. The summed E-state index contributed by atoms with van der Waals surface area (Å²) in [5.41, 5.74) is 5.29. The molecule has 0 unspecified atom stereocenters. The van der Waals surface area contributed by atoms with Gasteiger partial charge in [0.1, 0.15) is 5.75 Å². The van der Waals surface area contributed by atoms with Crippen LogP contribution in [0, 0.1) is 0 Å². The van der Waals surface area contributed by atoms with Crippen molar-refractivity contribution in [3.8, 4) is 16.9 Å². The molecule has 0 bridgehead atoms. The van der Waals surface area contributed by atoms with E-state index in [4.69, 9.17) is 4.74 Å². The SMILES string of the molecule is COc1ccc2c(c1)C[C@@H](C(=O)Nc1ccc(-c3cn[nH]c3)cc1SCCN(C)C)NC2. The van der Waals surface area contributed by atoms with Gasteiger partial charge in [0, 0.05) is 35.5 Å². The highest BCUT2D eigenvalue weighted by molar-refractivity contribution is 7.99. The Hall–Kier alpha value is -2.81. The van der Waals surface area contributed by atoms with E-state index < -0.39 is 0 Å². The number of carbonyl (C=O) groups excluding carboxylic acids is 1. The number of anilines is 1. The smallest absolute Gasteiger partial charge is 0.241 e. The molecule has 1 aromatic heterocycles. The van der Waals surface area contributed by atoms with E-state index in [1.807, 2.05) is 30.5 Å². The lowest BCUT2D eigenvalue weighted by atomic mass is 9.95.